The molecule has 1 saturated carbocycles. The van der Waals surface area contributed by atoms with Crippen molar-refractivity contribution in [3.05, 3.63) is 23.4 Å². The molecule has 1 fully saturated rings. The molecule has 0 spiro atoms. The monoisotopic (exact) mass is 278 g/mol. The molecule has 1 heterocycles. The number of nitrogens with zero attached hydrogens (tertiary/aromatic N) is 1. The van der Waals surface area contributed by atoms with Gasteiger partial charge in [0, 0.05) is 31.4 Å². The van der Waals surface area contributed by atoms with Crippen molar-refractivity contribution in [1.29, 1.82) is 0 Å². The van der Waals surface area contributed by atoms with Crippen LogP contribution in [0.3, 0.4) is 0 Å². The highest BCUT2D eigenvalue weighted by Crippen LogP contribution is 2.30. The van der Waals surface area contributed by atoms with Gasteiger partial charge in [0.2, 0.25) is 5.91 Å². The number of ether oxygens (including phenoxy) is 2. The van der Waals surface area contributed by atoms with E-state index in [2.05, 4.69) is 10.3 Å². The largest absolute Gasteiger partial charge is 0.382 e. The van der Waals surface area contributed by atoms with E-state index in [1.165, 1.54) is 0 Å². The number of hydrogen-bond acceptors (Lipinski definition) is 4. The van der Waals surface area contributed by atoms with Crippen molar-refractivity contribution in [2.75, 3.05) is 26.1 Å². The van der Waals surface area contributed by atoms with Gasteiger partial charge in [-0.15, -0.1) is 0 Å². The highest BCUT2D eigenvalue weighted by molar-refractivity contribution is 5.93. The molecule has 5 nitrogen and oxygen atoms in total. The summed E-state index contributed by atoms with van der Waals surface area (Å²) in [6.45, 7) is 2.52. The topological polar surface area (TPSA) is 60.5 Å². The summed E-state index contributed by atoms with van der Waals surface area (Å²) in [5.41, 5.74) is 1.95. The van der Waals surface area contributed by atoms with Gasteiger partial charge in [-0.05, 0) is 25.3 Å². The van der Waals surface area contributed by atoms with E-state index in [-0.39, 0.29) is 17.9 Å². The maximum absolute atomic E-state index is 11.8. The lowest BCUT2D eigenvalue weighted by molar-refractivity contribution is -0.117. The van der Waals surface area contributed by atoms with Crippen molar-refractivity contribution in [2.45, 2.75) is 32.3 Å². The van der Waals surface area contributed by atoms with Crippen LogP contribution in [0, 0.1) is 5.92 Å². The number of methoxy groups -OCH3 is 2. The van der Waals surface area contributed by atoms with Gasteiger partial charge in [0.1, 0.15) is 11.9 Å². The van der Waals surface area contributed by atoms with E-state index in [1.54, 1.807) is 14.2 Å². The molecule has 5 heteroatoms. The molecule has 1 aromatic heterocycles. The molecule has 0 saturated heterocycles. The molecular formula is C15H22N2O3. The van der Waals surface area contributed by atoms with Crippen LogP contribution in [-0.4, -0.2) is 31.7 Å². The average molecular weight is 278 g/mol. The zero-order chi connectivity index (χ0) is 14.5. The molecule has 1 atom stereocenters. The summed E-state index contributed by atoms with van der Waals surface area (Å²) in [5.74, 6) is 0.879. The Balaban J connectivity index is 2.15. The third-order valence-corrected chi connectivity index (χ3v) is 3.49. The van der Waals surface area contributed by atoms with E-state index >= 15 is 0 Å². The fraction of sp³-hybridized carbons (Fsp3) is 0.600. The van der Waals surface area contributed by atoms with Crippen LogP contribution in [0.25, 0.3) is 0 Å². The second kappa shape index (κ2) is 6.81. The third-order valence-electron chi connectivity index (χ3n) is 3.49. The van der Waals surface area contributed by atoms with E-state index in [9.17, 15) is 4.79 Å². The number of aromatic nitrogens is 1. The second-order valence-corrected chi connectivity index (χ2v) is 5.03. The molecule has 0 aromatic carbocycles. The predicted octanol–water partition coefficient (Wildman–Crippen LogP) is 2.33. The van der Waals surface area contributed by atoms with E-state index in [0.717, 1.165) is 30.5 Å². The van der Waals surface area contributed by atoms with Crippen molar-refractivity contribution >= 4 is 11.7 Å². The van der Waals surface area contributed by atoms with Crippen LogP contribution in [-0.2, 0) is 20.7 Å². The normalized spacial score (nSPS) is 15.9. The summed E-state index contributed by atoms with van der Waals surface area (Å²) < 4.78 is 10.6. The molecule has 110 valence electrons. The summed E-state index contributed by atoms with van der Waals surface area (Å²) in [7, 11) is 3.31. The third kappa shape index (κ3) is 3.55. The van der Waals surface area contributed by atoms with Gasteiger partial charge in [0.15, 0.2) is 0 Å². The Morgan fingerprint density at radius 2 is 2.20 bits per heavy atom. The number of rotatable bonds is 7. The van der Waals surface area contributed by atoms with Crippen molar-refractivity contribution in [2.24, 2.45) is 5.92 Å². The molecule has 0 aliphatic heterocycles. The minimum Gasteiger partial charge on any atom is -0.382 e. The zero-order valence-electron chi connectivity index (χ0n) is 12.3. The SMILES string of the molecule is CCc1nc(NC(=O)C2CC2)ccc1C(COC)OC. The van der Waals surface area contributed by atoms with E-state index < -0.39 is 0 Å². The van der Waals surface area contributed by atoms with Crippen molar-refractivity contribution in [3.63, 3.8) is 0 Å². The molecule has 0 radical (unpaired) electrons. The Labute approximate surface area is 119 Å². The van der Waals surface area contributed by atoms with E-state index in [1.807, 2.05) is 19.1 Å². The van der Waals surface area contributed by atoms with Crippen LogP contribution in [0.15, 0.2) is 12.1 Å². The molecule has 1 unspecified atom stereocenters. The number of pyridine rings is 1. The maximum Gasteiger partial charge on any atom is 0.228 e. The molecule has 1 aliphatic carbocycles. The molecule has 2 rings (SSSR count). The summed E-state index contributed by atoms with van der Waals surface area (Å²) in [6, 6.07) is 3.79. The van der Waals surface area contributed by atoms with Gasteiger partial charge in [-0.25, -0.2) is 4.98 Å². The first-order valence-electron chi connectivity index (χ1n) is 7.02. The van der Waals surface area contributed by atoms with Gasteiger partial charge in [0.05, 0.1) is 6.61 Å². The number of carbonyl (C=O) groups excluding carboxylic acids is 1. The number of nitrogens with one attached hydrogen (secondary N) is 1. The Morgan fingerprint density at radius 3 is 2.75 bits per heavy atom. The molecule has 0 bridgehead atoms. The van der Waals surface area contributed by atoms with Crippen LogP contribution < -0.4 is 5.32 Å². The van der Waals surface area contributed by atoms with Gasteiger partial charge in [-0.3, -0.25) is 4.79 Å². The second-order valence-electron chi connectivity index (χ2n) is 5.03. The van der Waals surface area contributed by atoms with Crippen molar-refractivity contribution in [1.82, 2.24) is 4.98 Å². The standard InChI is InChI=1S/C15H22N2O3/c1-4-12-11(13(20-3)9-19-2)7-8-14(16-12)17-15(18)10-5-6-10/h7-8,10,13H,4-6,9H2,1-3H3,(H,16,17,18). The van der Waals surface area contributed by atoms with Crippen LogP contribution in [0.2, 0.25) is 0 Å². The van der Waals surface area contributed by atoms with E-state index in [0.29, 0.717) is 12.4 Å². The Kier molecular flexibility index (Phi) is 5.09. The quantitative estimate of drug-likeness (QED) is 0.831. The fourth-order valence-corrected chi connectivity index (χ4v) is 2.17. The molecule has 1 N–H and O–H groups in total. The van der Waals surface area contributed by atoms with Crippen molar-refractivity contribution < 1.29 is 14.3 Å². The lowest BCUT2D eigenvalue weighted by Crippen LogP contribution is -2.17. The lowest BCUT2D eigenvalue weighted by atomic mass is 10.1. The van der Waals surface area contributed by atoms with E-state index in [4.69, 9.17) is 9.47 Å². The number of amides is 1. The Hall–Kier alpha value is -1.46. The summed E-state index contributed by atoms with van der Waals surface area (Å²) in [6.07, 6.45) is 2.64. The van der Waals surface area contributed by atoms with Crippen LogP contribution in [0.5, 0.6) is 0 Å². The first-order valence-corrected chi connectivity index (χ1v) is 7.02. The lowest BCUT2D eigenvalue weighted by Gasteiger charge is -2.18. The summed E-state index contributed by atoms with van der Waals surface area (Å²) in [5, 5.41) is 2.87. The van der Waals surface area contributed by atoms with Crippen LogP contribution >= 0.6 is 0 Å². The average Bonchev–Trinajstić information content (AvgIpc) is 3.29. The fourth-order valence-electron chi connectivity index (χ4n) is 2.17. The van der Waals surface area contributed by atoms with Crippen LogP contribution in [0.4, 0.5) is 5.82 Å². The van der Waals surface area contributed by atoms with Gasteiger partial charge < -0.3 is 14.8 Å². The molecular weight excluding hydrogens is 256 g/mol. The molecule has 1 aliphatic rings. The predicted molar refractivity (Wildman–Crippen MR) is 76.6 cm³/mol. The minimum atomic E-state index is -0.129. The smallest absolute Gasteiger partial charge is 0.228 e. The highest BCUT2D eigenvalue weighted by Gasteiger charge is 2.30. The van der Waals surface area contributed by atoms with Crippen LogP contribution in [0.1, 0.15) is 37.1 Å². The number of hydrogen-bond donors (Lipinski definition) is 1. The molecule has 1 amide bonds. The summed E-state index contributed by atoms with van der Waals surface area (Å²) in [4.78, 5) is 16.3. The van der Waals surface area contributed by atoms with Gasteiger partial charge >= 0.3 is 0 Å². The Bertz CT molecular complexity index is 472. The Morgan fingerprint density at radius 1 is 1.45 bits per heavy atom. The van der Waals surface area contributed by atoms with Gasteiger partial charge in [-0.1, -0.05) is 13.0 Å². The highest BCUT2D eigenvalue weighted by atomic mass is 16.5. The van der Waals surface area contributed by atoms with Gasteiger partial charge in [0.25, 0.3) is 0 Å². The first kappa shape index (κ1) is 14.9. The van der Waals surface area contributed by atoms with Gasteiger partial charge in [-0.2, -0.15) is 0 Å². The molecule has 1 aromatic rings. The maximum atomic E-state index is 11.8. The summed E-state index contributed by atoms with van der Waals surface area (Å²) >= 11 is 0. The minimum absolute atomic E-state index is 0.0764. The number of anilines is 1. The first-order chi connectivity index (χ1) is 9.69. The molecule has 20 heavy (non-hydrogen) atoms. The zero-order valence-corrected chi connectivity index (χ0v) is 12.3. The number of carbonyl (C=O) groups is 1. The number of aryl methyl sites for hydroxylation is 1. The van der Waals surface area contributed by atoms with Crippen molar-refractivity contribution in [3.8, 4) is 0 Å².